The van der Waals surface area contributed by atoms with E-state index in [0.717, 1.165) is 24.8 Å². The number of aliphatic hydroxyl groups is 14. The minimum Gasteiger partial charge on any atom is -0.394 e. The molecule has 0 spiro atoms. The molecule has 0 bridgehead atoms. The first kappa shape index (κ1) is 60.0. The summed E-state index contributed by atoms with van der Waals surface area (Å²) in [5.74, 6) is -0.395. The largest absolute Gasteiger partial charge is 0.394 e. The molecule has 0 aromatic carbocycles. The highest BCUT2D eigenvalue weighted by atomic mass is 16.8. The average Bonchev–Trinajstić information content (AvgIpc) is 3.75. The lowest BCUT2D eigenvalue weighted by Crippen LogP contribution is -2.68. The number of allylic oxidation sites excluding steroid dienone is 2. The van der Waals surface area contributed by atoms with Gasteiger partial charge in [0.05, 0.1) is 44.2 Å². The van der Waals surface area contributed by atoms with Crippen molar-refractivity contribution in [3.8, 4) is 0 Å². The Morgan fingerprint density at radius 3 is 1.80 bits per heavy atom. The van der Waals surface area contributed by atoms with E-state index in [0.29, 0.717) is 38.5 Å². The highest BCUT2D eigenvalue weighted by Crippen LogP contribution is 2.76. The molecule has 434 valence electrons. The average molecular weight is 1080 g/mol. The van der Waals surface area contributed by atoms with Crippen LogP contribution in [-0.4, -0.2) is 232 Å². The van der Waals surface area contributed by atoms with Crippen molar-refractivity contribution in [3.63, 3.8) is 0 Å². The fraction of sp³-hybridized carbons (Fsp3) is 0.962. The van der Waals surface area contributed by atoms with E-state index in [4.69, 9.17) is 37.9 Å². The maximum Gasteiger partial charge on any atom is 0.187 e. The zero-order valence-corrected chi connectivity index (χ0v) is 44.7. The highest BCUT2D eigenvalue weighted by molar-refractivity contribution is 5.20. The van der Waals surface area contributed by atoms with Crippen LogP contribution >= 0.6 is 0 Å². The van der Waals surface area contributed by atoms with Crippen molar-refractivity contribution >= 4 is 0 Å². The van der Waals surface area contributed by atoms with Crippen LogP contribution in [0.3, 0.4) is 0 Å². The van der Waals surface area contributed by atoms with Gasteiger partial charge in [0, 0.05) is 0 Å². The molecule has 29 atom stereocenters. The summed E-state index contributed by atoms with van der Waals surface area (Å²) in [5, 5.41) is 151. The van der Waals surface area contributed by atoms with Crippen LogP contribution < -0.4 is 0 Å². The molecular formula is C53H90O22. The molecule has 0 amide bonds. The lowest BCUT2D eigenvalue weighted by molar-refractivity contribution is -0.378. The Labute approximate surface area is 439 Å². The second kappa shape index (κ2) is 22.7. The van der Waals surface area contributed by atoms with Gasteiger partial charge in [0.1, 0.15) is 91.6 Å². The first-order valence-corrected chi connectivity index (χ1v) is 27.3. The van der Waals surface area contributed by atoms with Gasteiger partial charge in [-0.15, -0.1) is 0 Å². The molecule has 0 aromatic rings. The zero-order valence-electron chi connectivity index (χ0n) is 44.7. The summed E-state index contributed by atoms with van der Waals surface area (Å²) in [6, 6.07) is 0. The van der Waals surface area contributed by atoms with Crippen LogP contribution in [0.25, 0.3) is 0 Å². The van der Waals surface area contributed by atoms with Gasteiger partial charge in [0.2, 0.25) is 0 Å². The van der Waals surface area contributed by atoms with E-state index >= 15 is 0 Å². The van der Waals surface area contributed by atoms with Crippen molar-refractivity contribution in [2.75, 3.05) is 26.4 Å². The third kappa shape index (κ3) is 10.6. The first-order chi connectivity index (χ1) is 35.1. The van der Waals surface area contributed by atoms with Gasteiger partial charge < -0.3 is 109 Å². The number of fused-ring (bicyclic) bond motifs is 5. The molecule has 14 N–H and O–H groups in total. The van der Waals surface area contributed by atoms with E-state index < -0.39 is 165 Å². The van der Waals surface area contributed by atoms with Crippen molar-refractivity contribution in [2.24, 2.45) is 45.3 Å². The minimum absolute atomic E-state index is 0.0508. The molecule has 4 saturated carbocycles. The Balaban J connectivity index is 1.01. The first-order valence-electron chi connectivity index (χ1n) is 27.3. The summed E-state index contributed by atoms with van der Waals surface area (Å²) in [5.41, 5.74) is -1.48. The lowest BCUT2D eigenvalue weighted by Gasteiger charge is -2.71. The molecule has 8 fully saturated rings. The Morgan fingerprint density at radius 2 is 1.16 bits per heavy atom. The molecule has 8 rings (SSSR count). The van der Waals surface area contributed by atoms with Gasteiger partial charge in [0.25, 0.3) is 0 Å². The van der Waals surface area contributed by atoms with Crippen molar-refractivity contribution in [1.29, 1.82) is 0 Å². The van der Waals surface area contributed by atoms with Crippen LogP contribution in [0.5, 0.6) is 0 Å². The number of hydrogen-bond donors (Lipinski definition) is 14. The standard InChI is InChI=1S/C53H90O22/c1-23(2)10-9-14-53(8,75-47-43(67)39(63)37(61)29(72-47)22-69-45-41(65)34(58)26(57)21-68-45)24-11-16-52(7)33(24)25(56)18-31-50(5)15-13-32(49(3,4)30(50)12-17-51(31,52)6)73-48-44(40(64)36(60)28(20-55)71-48)74-46-42(66)38(62)35(59)27(19-54)70-46/h10,24-48,54-67H,9,11-22H2,1-8H3/t24?,25?,26-,27-,28-,29-,30?,31?,32?,33?,34-,35-,36-,37-,38-,39-,40-,41-,42-,43-,44-,45+,46+,47+,48+,50?,51?,52?,53?/m1/s1. The summed E-state index contributed by atoms with van der Waals surface area (Å²) >= 11 is 0. The lowest BCUT2D eigenvalue weighted by atomic mass is 9.35. The summed E-state index contributed by atoms with van der Waals surface area (Å²) < 4.78 is 48.8. The van der Waals surface area contributed by atoms with Gasteiger partial charge in [-0.1, -0.05) is 46.3 Å². The fourth-order valence-corrected chi connectivity index (χ4v) is 16.0. The van der Waals surface area contributed by atoms with Crippen LogP contribution in [0.2, 0.25) is 0 Å². The molecular weight excluding hydrogens is 989 g/mol. The van der Waals surface area contributed by atoms with Crippen LogP contribution in [0.4, 0.5) is 0 Å². The maximum absolute atomic E-state index is 12.8. The van der Waals surface area contributed by atoms with Gasteiger partial charge in [-0.25, -0.2) is 0 Å². The molecule has 4 heterocycles. The van der Waals surface area contributed by atoms with Crippen molar-refractivity contribution in [2.45, 2.75) is 248 Å². The topological polar surface area (TPSA) is 357 Å². The number of hydrogen-bond acceptors (Lipinski definition) is 22. The van der Waals surface area contributed by atoms with E-state index in [9.17, 15) is 71.5 Å². The number of aliphatic hydroxyl groups excluding tert-OH is 14. The summed E-state index contributed by atoms with van der Waals surface area (Å²) in [6.45, 7) is 15.1. The predicted molar refractivity (Wildman–Crippen MR) is 260 cm³/mol. The van der Waals surface area contributed by atoms with Gasteiger partial charge in [-0.3, -0.25) is 0 Å². The van der Waals surface area contributed by atoms with E-state index in [1.807, 2.05) is 20.8 Å². The Bertz CT molecular complexity index is 1940. The predicted octanol–water partition coefficient (Wildman–Crippen LogP) is -1.56. The minimum atomic E-state index is -1.81. The molecule has 4 aliphatic heterocycles. The van der Waals surface area contributed by atoms with Crippen LogP contribution in [0.15, 0.2) is 11.6 Å². The monoisotopic (exact) mass is 1080 g/mol. The molecule has 10 unspecified atom stereocenters. The zero-order chi connectivity index (χ0) is 55.1. The van der Waals surface area contributed by atoms with E-state index in [1.165, 1.54) is 0 Å². The van der Waals surface area contributed by atoms with E-state index in [2.05, 4.69) is 40.7 Å². The van der Waals surface area contributed by atoms with Gasteiger partial charge in [-0.05, 0) is 124 Å². The molecule has 0 aromatic heterocycles. The van der Waals surface area contributed by atoms with Crippen molar-refractivity contribution in [1.82, 2.24) is 0 Å². The summed E-state index contributed by atoms with van der Waals surface area (Å²) in [6.07, 6.45) is -22.6. The summed E-state index contributed by atoms with van der Waals surface area (Å²) in [7, 11) is 0. The van der Waals surface area contributed by atoms with Crippen molar-refractivity contribution < 1.29 is 109 Å². The smallest absolute Gasteiger partial charge is 0.187 e. The fourth-order valence-electron chi connectivity index (χ4n) is 16.0. The molecule has 4 saturated heterocycles. The Kier molecular flexibility index (Phi) is 18.1. The molecule has 0 radical (unpaired) electrons. The van der Waals surface area contributed by atoms with E-state index in [-0.39, 0.29) is 41.1 Å². The molecule has 22 heteroatoms. The Morgan fingerprint density at radius 1 is 0.587 bits per heavy atom. The second-order valence-electron chi connectivity index (χ2n) is 25.3. The number of ether oxygens (including phenoxy) is 8. The third-order valence-electron chi connectivity index (χ3n) is 20.5. The quantitative estimate of drug-likeness (QED) is 0.0651. The SMILES string of the molecule is CC(C)=CCCC(C)(O[C@@H]1O[C@H](CO[C@@H]2OC[C@@H](O)[C@@H](O)[C@H]2O)[C@@H](O)[C@@H](O)[C@H]1O)C1CCC2(C)C1C(O)CC1C3(C)CCC(O[C@@H]4O[C@H](CO)[C@@H](O)[C@@H](O)[C@H]4O[C@@H]4O[C@H](CO)[C@@H](O)[C@@H](O)[C@H]4O)C(C)(C)C3CCC12C. The Hall–Kier alpha value is -1.14. The summed E-state index contributed by atoms with van der Waals surface area (Å²) in [4.78, 5) is 0. The third-order valence-corrected chi connectivity index (χ3v) is 20.5. The van der Waals surface area contributed by atoms with Crippen LogP contribution in [0.1, 0.15) is 113 Å². The van der Waals surface area contributed by atoms with Crippen molar-refractivity contribution in [3.05, 3.63) is 11.6 Å². The highest BCUT2D eigenvalue weighted by Gasteiger charge is 2.72. The van der Waals surface area contributed by atoms with Gasteiger partial charge in [-0.2, -0.15) is 0 Å². The van der Waals surface area contributed by atoms with Gasteiger partial charge >= 0.3 is 0 Å². The van der Waals surface area contributed by atoms with Gasteiger partial charge in [0.15, 0.2) is 25.2 Å². The second-order valence-corrected chi connectivity index (χ2v) is 25.3. The molecule has 4 aliphatic carbocycles. The molecule has 8 aliphatic rings. The van der Waals surface area contributed by atoms with Crippen LogP contribution in [0, 0.1) is 45.3 Å². The molecule has 75 heavy (non-hydrogen) atoms. The maximum atomic E-state index is 12.8. The van der Waals surface area contributed by atoms with Crippen LogP contribution in [-0.2, 0) is 37.9 Å². The van der Waals surface area contributed by atoms with E-state index in [1.54, 1.807) is 0 Å². The normalized spacial score (nSPS) is 52.7. The molecule has 22 nitrogen and oxygen atoms in total. The number of rotatable bonds is 15.